The van der Waals surface area contributed by atoms with Crippen molar-refractivity contribution in [2.75, 3.05) is 5.32 Å². The maximum Gasteiger partial charge on any atom is 0.267 e. The molecule has 0 aliphatic heterocycles. The highest BCUT2D eigenvalue weighted by Gasteiger charge is 2.15. The lowest BCUT2D eigenvalue weighted by Crippen LogP contribution is -2.13. The highest BCUT2D eigenvalue weighted by atomic mass is 32.1. The summed E-state index contributed by atoms with van der Waals surface area (Å²) in [6.07, 6.45) is 1.65. The van der Waals surface area contributed by atoms with Gasteiger partial charge in [-0.2, -0.15) is 0 Å². The molecule has 0 saturated carbocycles. The number of thiophene rings is 1. The predicted octanol–water partition coefficient (Wildman–Crippen LogP) is 2.68. The Balaban J connectivity index is 1.80. The molecule has 10 heteroatoms. The first-order valence-electron chi connectivity index (χ1n) is 6.39. The van der Waals surface area contributed by atoms with Gasteiger partial charge in [-0.1, -0.05) is 17.4 Å². The normalized spacial score (nSPS) is 11.1. The molecule has 0 aliphatic carbocycles. The van der Waals surface area contributed by atoms with E-state index in [4.69, 9.17) is 12.2 Å². The second-order valence-electron chi connectivity index (χ2n) is 4.55. The summed E-state index contributed by atoms with van der Waals surface area (Å²) >= 11 is 7.24. The molecule has 1 amide bonds. The average Bonchev–Trinajstić information content (AvgIpc) is 3.14. The van der Waals surface area contributed by atoms with Crippen LogP contribution >= 0.6 is 34.9 Å². The van der Waals surface area contributed by atoms with E-state index < -0.39 is 0 Å². The van der Waals surface area contributed by atoms with Crippen molar-refractivity contribution < 1.29 is 4.79 Å². The lowest BCUT2D eigenvalue weighted by Gasteiger charge is -1.97. The summed E-state index contributed by atoms with van der Waals surface area (Å²) in [5.41, 5.74) is 0.348. The van der Waals surface area contributed by atoms with E-state index in [1.54, 1.807) is 30.5 Å². The number of nitrogens with zero attached hydrogens (tertiary/aromatic N) is 3. The quantitative estimate of drug-likeness (QED) is 0.536. The first-order chi connectivity index (χ1) is 11.1. The summed E-state index contributed by atoms with van der Waals surface area (Å²) in [4.78, 5) is 30.1. The predicted molar refractivity (Wildman–Crippen MR) is 92.1 cm³/mol. The second kappa shape index (κ2) is 5.33. The van der Waals surface area contributed by atoms with Gasteiger partial charge in [0.15, 0.2) is 3.95 Å². The van der Waals surface area contributed by atoms with Crippen molar-refractivity contribution in [3.63, 3.8) is 0 Å². The summed E-state index contributed by atoms with van der Waals surface area (Å²) in [5, 5.41) is 9.91. The Morgan fingerprint density at radius 1 is 1.35 bits per heavy atom. The summed E-state index contributed by atoms with van der Waals surface area (Å²) in [6, 6.07) is 6.86. The van der Waals surface area contributed by atoms with Gasteiger partial charge in [0.1, 0.15) is 10.5 Å². The molecular weight excluding hydrogens is 354 g/mol. The van der Waals surface area contributed by atoms with Crippen LogP contribution in [-0.2, 0) is 0 Å². The van der Waals surface area contributed by atoms with Gasteiger partial charge in [-0.05, 0) is 30.4 Å². The highest BCUT2D eigenvalue weighted by molar-refractivity contribution is 7.73. The Morgan fingerprint density at radius 2 is 2.22 bits per heavy atom. The largest absolute Gasteiger partial charge is 0.296 e. The van der Waals surface area contributed by atoms with E-state index in [2.05, 4.69) is 20.5 Å². The molecule has 2 N–H and O–H groups in total. The minimum Gasteiger partial charge on any atom is -0.296 e. The summed E-state index contributed by atoms with van der Waals surface area (Å²) in [7, 11) is 0. The minimum absolute atomic E-state index is 0.198. The van der Waals surface area contributed by atoms with Gasteiger partial charge in [0.25, 0.3) is 11.5 Å². The third-order valence-electron chi connectivity index (χ3n) is 3.10. The first kappa shape index (κ1) is 14.2. The molecule has 0 radical (unpaired) electrons. The van der Waals surface area contributed by atoms with Gasteiger partial charge in [0, 0.05) is 6.20 Å². The molecule has 4 aromatic rings. The molecule has 0 fully saturated rings. The number of aromatic nitrogens is 4. The van der Waals surface area contributed by atoms with Gasteiger partial charge in [-0.25, -0.2) is 4.98 Å². The van der Waals surface area contributed by atoms with E-state index in [1.807, 2.05) is 0 Å². The number of rotatable bonds is 2. The van der Waals surface area contributed by atoms with Crippen LogP contribution in [0.5, 0.6) is 0 Å². The van der Waals surface area contributed by atoms with E-state index in [0.29, 0.717) is 29.8 Å². The number of pyridine rings is 1. The SMILES string of the molecule is O=C(Nc1n[nH]c(=S)s1)c1cc2c(=O)n3ccccc3nc2s1. The second-order valence-corrected chi connectivity index (χ2v) is 7.24. The molecule has 0 aliphatic rings. The summed E-state index contributed by atoms with van der Waals surface area (Å²) in [6.45, 7) is 0. The first-order valence-corrected chi connectivity index (χ1v) is 8.44. The molecule has 23 heavy (non-hydrogen) atoms. The Kier molecular flexibility index (Phi) is 3.29. The number of amides is 1. The zero-order valence-corrected chi connectivity index (χ0v) is 13.7. The van der Waals surface area contributed by atoms with Gasteiger partial charge in [0.2, 0.25) is 5.13 Å². The van der Waals surface area contributed by atoms with Crippen molar-refractivity contribution in [1.82, 2.24) is 19.6 Å². The van der Waals surface area contributed by atoms with E-state index in [1.165, 1.54) is 4.40 Å². The fraction of sp³-hybridized carbons (Fsp3) is 0. The fourth-order valence-corrected chi connectivity index (χ4v) is 3.81. The lowest BCUT2D eigenvalue weighted by atomic mass is 10.3. The standard InChI is InChI=1S/C13H7N5O2S3/c19-9(15-12-16-17-13(21)23-12)7-5-6-10(22-7)14-8-3-1-2-4-18(8)11(6)20/h1-5H,(H,17,21)(H,15,16,19). The number of aromatic amines is 1. The van der Waals surface area contributed by atoms with Gasteiger partial charge >= 0.3 is 0 Å². The van der Waals surface area contributed by atoms with Crippen molar-refractivity contribution in [3.05, 3.63) is 49.6 Å². The number of carbonyl (C=O) groups is 1. The van der Waals surface area contributed by atoms with Crippen molar-refractivity contribution >= 4 is 61.8 Å². The van der Waals surface area contributed by atoms with Gasteiger partial charge in [-0.3, -0.25) is 24.4 Å². The highest BCUT2D eigenvalue weighted by Crippen LogP contribution is 2.23. The molecule has 7 nitrogen and oxygen atoms in total. The van der Waals surface area contributed by atoms with Crippen molar-refractivity contribution in [2.24, 2.45) is 0 Å². The zero-order chi connectivity index (χ0) is 16.0. The van der Waals surface area contributed by atoms with Crippen LogP contribution in [0.1, 0.15) is 9.67 Å². The molecule has 0 saturated heterocycles. The molecule has 114 valence electrons. The Labute approximate surface area is 141 Å². The topological polar surface area (TPSA) is 92.1 Å². The van der Waals surface area contributed by atoms with Crippen molar-refractivity contribution in [2.45, 2.75) is 0 Å². The van der Waals surface area contributed by atoms with E-state index in [0.717, 1.165) is 22.7 Å². The monoisotopic (exact) mass is 361 g/mol. The van der Waals surface area contributed by atoms with Gasteiger partial charge in [0.05, 0.1) is 10.3 Å². The van der Waals surface area contributed by atoms with Crippen LogP contribution in [0.3, 0.4) is 0 Å². The zero-order valence-electron chi connectivity index (χ0n) is 11.3. The third-order valence-corrected chi connectivity index (χ3v) is 5.13. The Morgan fingerprint density at radius 3 is 3.00 bits per heavy atom. The minimum atomic E-state index is -0.348. The number of hydrogen-bond acceptors (Lipinski definition) is 7. The van der Waals surface area contributed by atoms with Crippen LogP contribution in [0, 0.1) is 3.95 Å². The van der Waals surface area contributed by atoms with Crippen LogP contribution in [0.15, 0.2) is 35.3 Å². The van der Waals surface area contributed by atoms with Crippen molar-refractivity contribution in [3.8, 4) is 0 Å². The number of carbonyl (C=O) groups excluding carboxylic acids is 1. The van der Waals surface area contributed by atoms with Crippen LogP contribution in [0.4, 0.5) is 5.13 Å². The number of nitrogens with one attached hydrogen (secondary N) is 2. The van der Waals surface area contributed by atoms with Crippen LogP contribution in [0.25, 0.3) is 15.9 Å². The molecule has 4 heterocycles. The molecule has 0 unspecified atom stereocenters. The maximum absolute atomic E-state index is 12.5. The van der Waals surface area contributed by atoms with Gasteiger partial charge < -0.3 is 0 Å². The van der Waals surface area contributed by atoms with E-state index >= 15 is 0 Å². The van der Waals surface area contributed by atoms with Crippen LogP contribution < -0.4 is 10.9 Å². The number of H-pyrrole nitrogens is 1. The van der Waals surface area contributed by atoms with Gasteiger partial charge in [-0.15, -0.1) is 16.4 Å². The molecule has 4 aromatic heterocycles. The fourth-order valence-electron chi connectivity index (χ4n) is 2.10. The van der Waals surface area contributed by atoms with Crippen LogP contribution in [0.2, 0.25) is 0 Å². The maximum atomic E-state index is 12.5. The number of anilines is 1. The summed E-state index contributed by atoms with van der Waals surface area (Å²) < 4.78 is 1.93. The average molecular weight is 361 g/mol. The lowest BCUT2D eigenvalue weighted by molar-refractivity contribution is 0.103. The molecule has 0 aromatic carbocycles. The molecular formula is C13H7N5O2S3. The Hall–Kier alpha value is -2.43. The molecule has 4 rings (SSSR count). The van der Waals surface area contributed by atoms with Crippen LogP contribution in [-0.4, -0.2) is 25.5 Å². The number of hydrogen-bond donors (Lipinski definition) is 2. The Bertz CT molecular complexity index is 1170. The smallest absolute Gasteiger partial charge is 0.267 e. The summed E-state index contributed by atoms with van der Waals surface area (Å²) in [5.74, 6) is -0.348. The number of fused-ring (bicyclic) bond motifs is 2. The van der Waals surface area contributed by atoms with E-state index in [-0.39, 0.29) is 11.5 Å². The third kappa shape index (κ3) is 2.46. The molecule has 0 spiro atoms. The van der Waals surface area contributed by atoms with Crippen molar-refractivity contribution in [1.29, 1.82) is 0 Å². The van der Waals surface area contributed by atoms with E-state index in [9.17, 15) is 9.59 Å². The molecule has 0 bridgehead atoms. The molecule has 0 atom stereocenters.